The first-order valence-corrected chi connectivity index (χ1v) is 7.67. The van der Waals surface area contributed by atoms with Gasteiger partial charge in [0.1, 0.15) is 0 Å². The second kappa shape index (κ2) is 5.92. The van der Waals surface area contributed by atoms with Gasteiger partial charge in [-0.3, -0.25) is 0 Å². The second-order valence-corrected chi connectivity index (χ2v) is 6.24. The van der Waals surface area contributed by atoms with Crippen molar-refractivity contribution in [3.8, 4) is 0 Å². The normalized spacial score (nSPS) is 20.6. The first kappa shape index (κ1) is 13.0. The van der Waals surface area contributed by atoms with E-state index in [1.54, 1.807) is 5.56 Å². The maximum atomic E-state index is 3.74. The molecule has 1 aliphatic rings. The molecule has 0 saturated carbocycles. The Morgan fingerprint density at radius 1 is 1.35 bits per heavy atom. The summed E-state index contributed by atoms with van der Waals surface area (Å²) in [5.41, 5.74) is 1.56. The molecule has 0 fully saturated rings. The number of nitrogens with one attached hydrogen (secondary N) is 1. The zero-order valence-corrected chi connectivity index (χ0v) is 11.9. The van der Waals surface area contributed by atoms with Crippen molar-refractivity contribution in [2.75, 3.05) is 12.3 Å². The molecule has 1 heterocycles. The van der Waals surface area contributed by atoms with E-state index in [0.717, 1.165) is 6.54 Å². The smallest absolute Gasteiger partial charge is 0.0167 e. The summed E-state index contributed by atoms with van der Waals surface area (Å²) in [5, 5.41) is 3.74. The van der Waals surface area contributed by atoms with Gasteiger partial charge in [-0.15, -0.1) is 11.8 Å². The molecule has 2 rings (SSSR count). The molecular weight excluding hydrogens is 226 g/mol. The zero-order valence-electron chi connectivity index (χ0n) is 11.1. The minimum absolute atomic E-state index is 0.617. The highest BCUT2D eigenvalue weighted by atomic mass is 32.2. The maximum absolute atomic E-state index is 3.74. The molecule has 1 nitrogen and oxygen atoms in total. The number of hydrogen-bond acceptors (Lipinski definition) is 2. The average molecular weight is 249 g/mol. The van der Waals surface area contributed by atoms with Gasteiger partial charge in [0.05, 0.1) is 0 Å². The Morgan fingerprint density at radius 2 is 2.12 bits per heavy atom. The van der Waals surface area contributed by atoms with Gasteiger partial charge in [0.25, 0.3) is 0 Å². The Labute approximate surface area is 109 Å². The summed E-state index contributed by atoms with van der Waals surface area (Å²) in [5.74, 6) is 2.61. The van der Waals surface area contributed by atoms with Gasteiger partial charge >= 0.3 is 0 Å². The van der Waals surface area contributed by atoms with Crippen molar-refractivity contribution in [2.45, 2.75) is 44.0 Å². The molecule has 1 aromatic carbocycles. The quantitative estimate of drug-likeness (QED) is 0.849. The van der Waals surface area contributed by atoms with Crippen molar-refractivity contribution in [1.29, 1.82) is 0 Å². The molecule has 1 aliphatic heterocycles. The predicted molar refractivity (Wildman–Crippen MR) is 76.8 cm³/mol. The molecule has 1 N–H and O–H groups in total. The minimum Gasteiger partial charge on any atom is -0.313 e. The summed E-state index contributed by atoms with van der Waals surface area (Å²) in [6, 6.07) is 9.51. The summed E-state index contributed by atoms with van der Waals surface area (Å²) in [4.78, 5) is 1.49. The molecule has 2 atom stereocenters. The highest BCUT2D eigenvalue weighted by Gasteiger charge is 2.31. The third kappa shape index (κ3) is 2.86. The van der Waals surface area contributed by atoms with Crippen LogP contribution in [0.2, 0.25) is 0 Å². The van der Waals surface area contributed by atoms with E-state index < -0.39 is 0 Å². The van der Waals surface area contributed by atoms with Crippen molar-refractivity contribution >= 4 is 11.8 Å². The van der Waals surface area contributed by atoms with E-state index in [-0.39, 0.29) is 0 Å². The average Bonchev–Trinajstić information content (AvgIpc) is 2.73. The fraction of sp³-hybridized carbons (Fsp3) is 0.600. The van der Waals surface area contributed by atoms with Crippen LogP contribution in [0.3, 0.4) is 0 Å². The summed E-state index contributed by atoms with van der Waals surface area (Å²) in [7, 11) is 0. The largest absolute Gasteiger partial charge is 0.313 e. The molecule has 17 heavy (non-hydrogen) atoms. The fourth-order valence-electron chi connectivity index (χ4n) is 2.64. The van der Waals surface area contributed by atoms with Crippen LogP contribution < -0.4 is 5.32 Å². The van der Waals surface area contributed by atoms with Crippen LogP contribution in [-0.4, -0.2) is 18.3 Å². The van der Waals surface area contributed by atoms with E-state index in [1.165, 1.54) is 17.1 Å². The van der Waals surface area contributed by atoms with E-state index in [0.29, 0.717) is 17.9 Å². The first-order valence-electron chi connectivity index (χ1n) is 6.69. The van der Waals surface area contributed by atoms with Crippen molar-refractivity contribution in [1.82, 2.24) is 5.32 Å². The third-order valence-electron chi connectivity index (χ3n) is 3.52. The number of rotatable bonds is 5. The topological polar surface area (TPSA) is 12.0 Å². The molecule has 2 heteroatoms. The van der Waals surface area contributed by atoms with Gasteiger partial charge in [0, 0.05) is 22.6 Å². The fourth-order valence-corrected chi connectivity index (χ4v) is 3.95. The SMILES string of the molecule is CCCNC(C(C)C)C1CSc2ccccc21. The molecule has 0 aliphatic carbocycles. The highest BCUT2D eigenvalue weighted by Crippen LogP contribution is 2.42. The van der Waals surface area contributed by atoms with Crippen LogP contribution in [0.15, 0.2) is 29.2 Å². The van der Waals surface area contributed by atoms with Crippen molar-refractivity contribution in [2.24, 2.45) is 5.92 Å². The van der Waals surface area contributed by atoms with Crippen LogP contribution in [-0.2, 0) is 0 Å². The van der Waals surface area contributed by atoms with E-state index in [4.69, 9.17) is 0 Å². The minimum atomic E-state index is 0.617. The highest BCUT2D eigenvalue weighted by molar-refractivity contribution is 7.99. The predicted octanol–water partition coefficient (Wildman–Crippen LogP) is 3.90. The van der Waals surface area contributed by atoms with Gasteiger partial charge in [0.15, 0.2) is 0 Å². The Kier molecular flexibility index (Phi) is 4.52. The molecule has 2 unspecified atom stereocenters. The van der Waals surface area contributed by atoms with E-state index >= 15 is 0 Å². The van der Waals surface area contributed by atoms with Crippen LogP contribution in [0.5, 0.6) is 0 Å². The van der Waals surface area contributed by atoms with Crippen molar-refractivity contribution in [3.63, 3.8) is 0 Å². The molecule has 0 saturated heterocycles. The van der Waals surface area contributed by atoms with Crippen LogP contribution in [0.25, 0.3) is 0 Å². The van der Waals surface area contributed by atoms with Gasteiger partial charge in [-0.2, -0.15) is 0 Å². The van der Waals surface area contributed by atoms with Crippen molar-refractivity contribution < 1.29 is 0 Å². The Morgan fingerprint density at radius 3 is 2.82 bits per heavy atom. The lowest BCUT2D eigenvalue weighted by Gasteiger charge is -2.28. The molecule has 0 bridgehead atoms. The number of fused-ring (bicyclic) bond motifs is 1. The van der Waals surface area contributed by atoms with Gasteiger partial charge in [-0.05, 0) is 30.5 Å². The summed E-state index contributed by atoms with van der Waals surface area (Å²) in [6.45, 7) is 8.03. The molecule has 0 radical (unpaired) electrons. The molecule has 94 valence electrons. The van der Waals surface area contributed by atoms with E-state index in [9.17, 15) is 0 Å². The lowest BCUT2D eigenvalue weighted by atomic mass is 9.86. The second-order valence-electron chi connectivity index (χ2n) is 5.18. The monoisotopic (exact) mass is 249 g/mol. The van der Waals surface area contributed by atoms with E-state index in [2.05, 4.69) is 50.4 Å². The maximum Gasteiger partial charge on any atom is 0.0167 e. The third-order valence-corrected chi connectivity index (χ3v) is 4.73. The molecule has 0 spiro atoms. The lowest BCUT2D eigenvalue weighted by Crippen LogP contribution is -2.39. The first-order chi connectivity index (χ1) is 8.24. The Bertz CT molecular complexity index is 362. The molecule has 0 aromatic heterocycles. The van der Waals surface area contributed by atoms with E-state index in [1.807, 2.05) is 11.8 Å². The van der Waals surface area contributed by atoms with Gasteiger partial charge in [-0.25, -0.2) is 0 Å². The van der Waals surface area contributed by atoms with Crippen LogP contribution in [0.1, 0.15) is 38.7 Å². The summed E-state index contributed by atoms with van der Waals surface area (Å²) in [6.07, 6.45) is 1.21. The summed E-state index contributed by atoms with van der Waals surface area (Å²) >= 11 is 2.02. The van der Waals surface area contributed by atoms with Crippen LogP contribution in [0, 0.1) is 5.92 Å². The van der Waals surface area contributed by atoms with Crippen molar-refractivity contribution in [3.05, 3.63) is 29.8 Å². The number of hydrogen-bond donors (Lipinski definition) is 1. The molecule has 1 aromatic rings. The standard InChI is InChI=1S/C15H23NS/c1-4-9-16-15(11(2)3)13-10-17-14-8-6-5-7-12(13)14/h5-8,11,13,15-16H,4,9-10H2,1-3H3. The zero-order chi connectivity index (χ0) is 12.3. The Hall–Kier alpha value is -0.470. The van der Waals surface area contributed by atoms with Gasteiger partial charge in [-0.1, -0.05) is 39.0 Å². The van der Waals surface area contributed by atoms with Gasteiger partial charge in [0.2, 0.25) is 0 Å². The number of benzene rings is 1. The lowest BCUT2D eigenvalue weighted by molar-refractivity contribution is 0.357. The van der Waals surface area contributed by atoms with Gasteiger partial charge < -0.3 is 5.32 Å². The Balaban J connectivity index is 2.15. The number of thioether (sulfide) groups is 1. The molecule has 0 amide bonds. The molecular formula is C15H23NS. The van der Waals surface area contributed by atoms with Crippen LogP contribution in [0.4, 0.5) is 0 Å². The summed E-state index contributed by atoms with van der Waals surface area (Å²) < 4.78 is 0. The van der Waals surface area contributed by atoms with Crippen LogP contribution >= 0.6 is 11.8 Å².